The molecule has 0 radical (unpaired) electrons. The van der Waals surface area contributed by atoms with Gasteiger partial charge in [0, 0.05) is 34.7 Å². The number of phenolic OH excluding ortho intramolecular Hbond substituents is 2. The zero-order valence-corrected chi connectivity index (χ0v) is 24.8. The molecule has 3 aromatic rings. The average Bonchev–Trinajstić information content (AvgIpc) is 2.82. The molecule has 0 aliphatic rings. The summed E-state index contributed by atoms with van der Waals surface area (Å²) in [5.74, 6) is 0.427. The van der Waals surface area contributed by atoms with Gasteiger partial charge >= 0.3 is 0 Å². The van der Waals surface area contributed by atoms with Gasteiger partial charge in [-0.2, -0.15) is 0 Å². The number of nitrogens with zero attached hydrogens (tertiary/aromatic N) is 3. The van der Waals surface area contributed by atoms with E-state index in [4.69, 9.17) is 4.99 Å². The van der Waals surface area contributed by atoms with Crippen LogP contribution < -0.4 is 4.67 Å². The van der Waals surface area contributed by atoms with Gasteiger partial charge < -0.3 is 10.2 Å². The molecule has 0 saturated heterocycles. The van der Waals surface area contributed by atoms with Crippen LogP contribution in [0.5, 0.6) is 11.5 Å². The summed E-state index contributed by atoms with van der Waals surface area (Å²) >= 11 is 0. The third-order valence-electron chi connectivity index (χ3n) is 6.59. The lowest BCUT2D eigenvalue weighted by Crippen LogP contribution is -2.17. The van der Waals surface area contributed by atoms with Crippen molar-refractivity contribution in [1.82, 2.24) is 4.67 Å². The molecular formula is C34H42N3O2+. The molecule has 3 rings (SSSR count). The number of rotatable bonds is 5. The zero-order chi connectivity index (χ0) is 29.2. The van der Waals surface area contributed by atoms with E-state index in [1.807, 2.05) is 63.2 Å². The predicted octanol–water partition coefficient (Wildman–Crippen LogP) is 7.68. The lowest BCUT2D eigenvalue weighted by atomic mass is 9.79. The van der Waals surface area contributed by atoms with Crippen molar-refractivity contribution in [2.45, 2.75) is 78.6 Å². The van der Waals surface area contributed by atoms with Gasteiger partial charge in [-0.15, -0.1) is 4.67 Å². The van der Waals surface area contributed by atoms with Gasteiger partial charge in [-0.25, -0.2) is 0 Å². The molecule has 39 heavy (non-hydrogen) atoms. The van der Waals surface area contributed by atoms with E-state index in [9.17, 15) is 10.2 Å². The molecule has 3 aromatic carbocycles. The van der Waals surface area contributed by atoms with E-state index in [1.54, 1.807) is 18.6 Å². The number of hydrogen-bond donors (Lipinski definition) is 2. The molecule has 0 fully saturated rings. The third-order valence-corrected chi connectivity index (χ3v) is 6.59. The molecule has 2 N–H and O–H groups in total. The van der Waals surface area contributed by atoms with E-state index >= 15 is 0 Å². The highest BCUT2D eigenvalue weighted by atomic mass is 16.3. The first-order chi connectivity index (χ1) is 18.0. The van der Waals surface area contributed by atoms with Crippen LogP contribution in [0, 0.1) is 0 Å². The van der Waals surface area contributed by atoms with Gasteiger partial charge in [0.15, 0.2) is 0 Å². The van der Waals surface area contributed by atoms with E-state index in [2.05, 4.69) is 64.0 Å². The van der Waals surface area contributed by atoms with E-state index in [0.717, 1.165) is 22.3 Å². The SMILES string of the molecule is C=[N+]=Cc1cc(C=Nc2ccccc2N=Cc2cc(C(C)(C)C)cc(C(C)(C)C)c2O)c(O)c(C(C)(C)C)c1. The second-order valence-corrected chi connectivity index (χ2v) is 13.0. The van der Waals surface area contributed by atoms with E-state index in [1.165, 1.54) is 0 Å². The molecule has 0 atom stereocenters. The minimum atomic E-state index is -0.268. The van der Waals surface area contributed by atoms with Crippen LogP contribution in [-0.2, 0) is 16.2 Å². The van der Waals surface area contributed by atoms with Crippen LogP contribution in [0.4, 0.5) is 11.4 Å². The molecule has 0 amide bonds. The topological polar surface area (TPSA) is 79.3 Å². The van der Waals surface area contributed by atoms with Crippen LogP contribution >= 0.6 is 0 Å². The summed E-state index contributed by atoms with van der Waals surface area (Å²) < 4.78 is 3.89. The van der Waals surface area contributed by atoms with Crippen LogP contribution in [0.3, 0.4) is 0 Å². The van der Waals surface area contributed by atoms with Crippen molar-refractivity contribution < 1.29 is 10.2 Å². The van der Waals surface area contributed by atoms with Crippen molar-refractivity contribution in [2.24, 2.45) is 9.98 Å². The Morgan fingerprint density at radius 1 is 0.667 bits per heavy atom. The molecule has 0 spiro atoms. The summed E-state index contributed by atoms with van der Waals surface area (Å²) in [6.07, 6.45) is 5.01. The number of phenols is 2. The maximum Gasteiger partial charge on any atom is 0.298 e. The Labute approximate surface area is 233 Å². The minimum Gasteiger partial charge on any atom is -0.507 e. The summed E-state index contributed by atoms with van der Waals surface area (Å²) in [6.45, 7) is 22.5. The van der Waals surface area contributed by atoms with Crippen LogP contribution in [0.15, 0.2) is 58.5 Å². The molecule has 0 aliphatic heterocycles. The fourth-order valence-electron chi connectivity index (χ4n) is 4.25. The Bertz CT molecular complexity index is 1470. The molecule has 0 aromatic heterocycles. The van der Waals surface area contributed by atoms with Gasteiger partial charge in [-0.1, -0.05) is 80.5 Å². The summed E-state index contributed by atoms with van der Waals surface area (Å²) in [7, 11) is 0. The molecule has 0 heterocycles. The van der Waals surface area contributed by atoms with Crippen molar-refractivity contribution in [3.63, 3.8) is 0 Å². The molecule has 5 nitrogen and oxygen atoms in total. The van der Waals surface area contributed by atoms with Gasteiger partial charge in [-0.3, -0.25) is 9.98 Å². The first-order valence-electron chi connectivity index (χ1n) is 13.2. The van der Waals surface area contributed by atoms with Gasteiger partial charge in [0.1, 0.15) is 11.5 Å². The lowest BCUT2D eigenvalue weighted by Gasteiger charge is -2.27. The Balaban J connectivity index is 2.08. The molecular weight excluding hydrogens is 482 g/mol. The molecule has 204 valence electrons. The molecule has 5 heteroatoms. The van der Waals surface area contributed by atoms with Crippen molar-refractivity contribution in [3.8, 4) is 11.5 Å². The summed E-state index contributed by atoms with van der Waals surface area (Å²) in [5.41, 5.74) is 5.63. The smallest absolute Gasteiger partial charge is 0.298 e. The largest absolute Gasteiger partial charge is 0.507 e. The van der Waals surface area contributed by atoms with Gasteiger partial charge in [0.2, 0.25) is 0 Å². The van der Waals surface area contributed by atoms with E-state index in [-0.39, 0.29) is 27.7 Å². The Morgan fingerprint density at radius 2 is 1.13 bits per heavy atom. The predicted molar refractivity (Wildman–Crippen MR) is 168 cm³/mol. The zero-order valence-electron chi connectivity index (χ0n) is 24.8. The van der Waals surface area contributed by atoms with Crippen LogP contribution in [0.25, 0.3) is 0 Å². The highest BCUT2D eigenvalue weighted by Crippen LogP contribution is 2.38. The minimum absolute atomic E-state index is 0.0838. The van der Waals surface area contributed by atoms with Crippen molar-refractivity contribution in [2.75, 3.05) is 0 Å². The average molecular weight is 525 g/mol. The van der Waals surface area contributed by atoms with Crippen molar-refractivity contribution >= 4 is 36.7 Å². The molecule has 0 aliphatic carbocycles. The summed E-state index contributed by atoms with van der Waals surface area (Å²) in [4.78, 5) is 9.42. The van der Waals surface area contributed by atoms with Gasteiger partial charge in [0.25, 0.3) is 12.9 Å². The monoisotopic (exact) mass is 524 g/mol. The summed E-state index contributed by atoms with van der Waals surface area (Å²) in [5, 5.41) is 22.2. The normalized spacial score (nSPS) is 12.7. The molecule has 0 bridgehead atoms. The van der Waals surface area contributed by atoms with E-state index < -0.39 is 0 Å². The number of aliphatic imine (C=N–C) groups is 2. The van der Waals surface area contributed by atoms with Crippen LogP contribution in [-0.4, -0.2) is 35.6 Å². The third kappa shape index (κ3) is 7.13. The fraction of sp³-hybridized carbons (Fsp3) is 0.353. The second-order valence-electron chi connectivity index (χ2n) is 13.0. The van der Waals surface area contributed by atoms with Crippen molar-refractivity contribution in [1.29, 1.82) is 0 Å². The Hall–Kier alpha value is -3.95. The molecule has 0 saturated carbocycles. The van der Waals surface area contributed by atoms with Crippen LogP contribution in [0.1, 0.15) is 95.7 Å². The lowest BCUT2D eigenvalue weighted by molar-refractivity contribution is 0.443. The first-order valence-corrected chi connectivity index (χ1v) is 13.2. The number of benzene rings is 3. The summed E-state index contributed by atoms with van der Waals surface area (Å²) in [6, 6.07) is 15.4. The Kier molecular flexibility index (Phi) is 8.38. The van der Waals surface area contributed by atoms with Crippen molar-refractivity contribution in [3.05, 3.63) is 81.9 Å². The number of hydrogen-bond acceptors (Lipinski definition) is 4. The number of aromatic hydroxyl groups is 2. The Morgan fingerprint density at radius 3 is 1.56 bits per heavy atom. The van der Waals surface area contributed by atoms with Gasteiger partial charge in [0.05, 0.1) is 16.9 Å². The van der Waals surface area contributed by atoms with E-state index in [0.29, 0.717) is 22.5 Å². The van der Waals surface area contributed by atoms with Crippen LogP contribution in [0.2, 0.25) is 0 Å². The quantitative estimate of drug-likeness (QED) is 0.265. The standard InChI is InChI=1S/C34H41N3O2/c1-32(2,3)25-17-24(31(39)27(18-25)34(7,8)9)21-37-29-14-12-11-13-28(29)36-20-23-15-22(19-35-10)16-26(30(23)38)33(4,5)6/h11-21H,10H2,1-9H3,(H,37,39)/p+1. The van der Waals surface area contributed by atoms with Gasteiger partial charge in [-0.05, 0) is 52.1 Å². The second kappa shape index (κ2) is 11.0. The maximum atomic E-state index is 11.1. The molecule has 0 unspecified atom stereocenters. The number of para-hydroxylation sites is 2. The fourth-order valence-corrected chi connectivity index (χ4v) is 4.25. The maximum absolute atomic E-state index is 11.1. The highest BCUT2D eigenvalue weighted by molar-refractivity contribution is 5.92. The first kappa shape index (κ1) is 29.6. The highest BCUT2D eigenvalue weighted by Gasteiger charge is 2.25.